The van der Waals surface area contributed by atoms with Crippen LogP contribution in [0.4, 0.5) is 13.2 Å². The summed E-state index contributed by atoms with van der Waals surface area (Å²) in [5.74, 6) is 0. The van der Waals surface area contributed by atoms with E-state index in [1.54, 1.807) is 6.92 Å². The number of hydrogen-bond acceptors (Lipinski definition) is 2. The molecule has 2 rings (SSSR count). The van der Waals surface area contributed by atoms with Crippen molar-refractivity contribution in [2.45, 2.75) is 13.1 Å². The van der Waals surface area contributed by atoms with Crippen LogP contribution >= 0.6 is 0 Å². The van der Waals surface area contributed by atoms with Crippen molar-refractivity contribution in [1.29, 1.82) is 0 Å². The number of hydrogen-bond donors (Lipinski definition) is 0. The molecule has 0 spiro atoms. The average Bonchev–Trinajstić information content (AvgIpc) is 2.16. The molecule has 0 fully saturated rings. The molecule has 0 N–H and O–H groups in total. The largest absolute Gasteiger partial charge is 0.422 e. The lowest BCUT2D eigenvalue weighted by atomic mass is 10.1. The summed E-state index contributed by atoms with van der Waals surface area (Å²) in [7, 11) is 0. The molecule has 84 valence electrons. The monoisotopic (exact) mass is 228 g/mol. The van der Waals surface area contributed by atoms with E-state index in [9.17, 15) is 18.0 Å². The molecule has 2 nitrogen and oxygen atoms in total. The van der Waals surface area contributed by atoms with Crippen molar-refractivity contribution in [2.75, 3.05) is 0 Å². The molecule has 0 saturated heterocycles. The van der Waals surface area contributed by atoms with Crippen molar-refractivity contribution in [3.8, 4) is 0 Å². The van der Waals surface area contributed by atoms with Gasteiger partial charge in [-0.15, -0.1) is 0 Å². The number of benzene rings is 1. The second kappa shape index (κ2) is 3.37. The predicted octanol–water partition coefficient (Wildman–Crippen LogP) is 3.12. The van der Waals surface area contributed by atoms with Gasteiger partial charge in [0.15, 0.2) is 5.58 Å². The van der Waals surface area contributed by atoms with Gasteiger partial charge in [0.2, 0.25) is 0 Å². The Bertz CT molecular complexity index is 596. The molecule has 0 bridgehead atoms. The Morgan fingerprint density at radius 3 is 2.50 bits per heavy atom. The second-order valence-electron chi connectivity index (χ2n) is 3.48. The van der Waals surface area contributed by atoms with E-state index in [4.69, 9.17) is 0 Å². The standard InChI is InChI=1S/C11H7F3O2/c1-6-4-7-2-3-9(15)16-10(7)8(5-6)11(12,13)14/h2-5H,1H3. The van der Waals surface area contributed by atoms with Crippen LogP contribution in [0, 0.1) is 6.92 Å². The molecule has 0 amide bonds. The third-order valence-electron chi connectivity index (χ3n) is 2.17. The van der Waals surface area contributed by atoms with Gasteiger partial charge in [0.05, 0.1) is 5.56 Å². The van der Waals surface area contributed by atoms with Crippen LogP contribution in [0.3, 0.4) is 0 Å². The van der Waals surface area contributed by atoms with Gasteiger partial charge in [-0.1, -0.05) is 0 Å². The maximum absolute atomic E-state index is 12.7. The van der Waals surface area contributed by atoms with Gasteiger partial charge in [-0.25, -0.2) is 4.79 Å². The van der Waals surface area contributed by atoms with E-state index < -0.39 is 22.9 Å². The summed E-state index contributed by atoms with van der Waals surface area (Å²) in [5.41, 5.74) is -1.65. The van der Waals surface area contributed by atoms with Crippen molar-refractivity contribution >= 4 is 11.0 Å². The van der Waals surface area contributed by atoms with Crippen LogP contribution in [0.15, 0.2) is 33.5 Å². The van der Waals surface area contributed by atoms with Gasteiger partial charge in [-0.3, -0.25) is 0 Å². The van der Waals surface area contributed by atoms with Crippen LogP contribution in [-0.4, -0.2) is 0 Å². The molecule has 1 aromatic carbocycles. The minimum atomic E-state index is -4.53. The first-order valence-corrected chi connectivity index (χ1v) is 4.49. The van der Waals surface area contributed by atoms with Crippen LogP contribution in [0.2, 0.25) is 0 Å². The second-order valence-corrected chi connectivity index (χ2v) is 3.48. The fourth-order valence-electron chi connectivity index (χ4n) is 1.54. The Hall–Kier alpha value is -1.78. The third-order valence-corrected chi connectivity index (χ3v) is 2.17. The Kier molecular flexibility index (Phi) is 2.26. The number of alkyl halides is 3. The van der Waals surface area contributed by atoms with Crippen LogP contribution in [-0.2, 0) is 6.18 Å². The number of aryl methyl sites for hydroxylation is 1. The smallest absolute Gasteiger partial charge is 0.420 e. The van der Waals surface area contributed by atoms with Crippen LogP contribution in [0.25, 0.3) is 11.0 Å². The zero-order valence-corrected chi connectivity index (χ0v) is 8.26. The topological polar surface area (TPSA) is 30.2 Å². The Balaban J connectivity index is 2.91. The Labute approximate surface area is 88.3 Å². The predicted molar refractivity (Wildman–Crippen MR) is 52.2 cm³/mol. The molecule has 0 aliphatic carbocycles. The molecule has 0 unspecified atom stereocenters. The van der Waals surface area contributed by atoms with Crippen molar-refractivity contribution in [1.82, 2.24) is 0 Å². The molecule has 0 radical (unpaired) electrons. The molecule has 2 aromatic rings. The summed E-state index contributed by atoms with van der Waals surface area (Å²) in [5, 5.41) is 0.270. The summed E-state index contributed by atoms with van der Waals surface area (Å²) >= 11 is 0. The van der Waals surface area contributed by atoms with Gasteiger partial charge in [-0.2, -0.15) is 13.2 Å². The summed E-state index contributed by atoms with van der Waals surface area (Å²) < 4.78 is 42.6. The van der Waals surface area contributed by atoms with Crippen molar-refractivity contribution < 1.29 is 17.6 Å². The normalized spacial score (nSPS) is 12.0. The van der Waals surface area contributed by atoms with Crippen LogP contribution in [0.5, 0.6) is 0 Å². The summed E-state index contributed by atoms with van der Waals surface area (Å²) in [4.78, 5) is 10.9. The molecule has 0 aliphatic heterocycles. The lowest BCUT2D eigenvalue weighted by Gasteiger charge is -2.09. The van der Waals surface area contributed by atoms with Gasteiger partial charge in [0.25, 0.3) is 0 Å². The highest BCUT2D eigenvalue weighted by molar-refractivity contribution is 5.81. The highest BCUT2D eigenvalue weighted by Gasteiger charge is 2.34. The lowest BCUT2D eigenvalue weighted by Crippen LogP contribution is -2.08. The van der Waals surface area contributed by atoms with Gasteiger partial charge in [-0.05, 0) is 30.7 Å². The molecule has 5 heteroatoms. The van der Waals surface area contributed by atoms with Crippen molar-refractivity contribution in [2.24, 2.45) is 0 Å². The first-order valence-electron chi connectivity index (χ1n) is 4.49. The van der Waals surface area contributed by atoms with Gasteiger partial charge >= 0.3 is 11.8 Å². The first kappa shape index (κ1) is 10.7. The maximum Gasteiger partial charge on any atom is 0.420 e. The first-order chi connectivity index (χ1) is 7.38. The zero-order valence-electron chi connectivity index (χ0n) is 8.26. The van der Waals surface area contributed by atoms with E-state index in [0.717, 1.165) is 12.1 Å². The number of halogens is 3. The van der Waals surface area contributed by atoms with Crippen LogP contribution in [0.1, 0.15) is 11.1 Å². The quantitative estimate of drug-likeness (QED) is 0.648. The number of fused-ring (bicyclic) bond motifs is 1. The van der Waals surface area contributed by atoms with Crippen LogP contribution < -0.4 is 5.63 Å². The summed E-state index contributed by atoms with van der Waals surface area (Å²) in [6.07, 6.45) is -4.53. The van der Waals surface area contributed by atoms with Gasteiger partial charge in [0.1, 0.15) is 0 Å². The minimum Gasteiger partial charge on any atom is -0.422 e. The molecule has 0 aliphatic rings. The van der Waals surface area contributed by atoms with E-state index in [0.29, 0.717) is 5.56 Å². The average molecular weight is 228 g/mol. The highest BCUT2D eigenvalue weighted by Crippen LogP contribution is 2.34. The van der Waals surface area contributed by atoms with Crippen molar-refractivity contribution in [3.63, 3.8) is 0 Å². The third kappa shape index (κ3) is 1.80. The fraction of sp³-hybridized carbons (Fsp3) is 0.182. The van der Waals surface area contributed by atoms with E-state index in [-0.39, 0.29) is 5.39 Å². The molecular weight excluding hydrogens is 221 g/mol. The number of rotatable bonds is 0. The maximum atomic E-state index is 12.7. The Morgan fingerprint density at radius 2 is 1.88 bits per heavy atom. The molecule has 0 saturated carbocycles. The van der Waals surface area contributed by atoms with E-state index >= 15 is 0 Å². The lowest BCUT2D eigenvalue weighted by molar-refractivity contribution is -0.136. The van der Waals surface area contributed by atoms with Crippen molar-refractivity contribution in [3.05, 3.63) is 45.8 Å². The van der Waals surface area contributed by atoms with E-state index in [1.807, 2.05) is 0 Å². The molecule has 16 heavy (non-hydrogen) atoms. The van der Waals surface area contributed by atoms with Gasteiger partial charge in [0, 0.05) is 11.5 Å². The van der Waals surface area contributed by atoms with E-state index in [1.165, 1.54) is 12.1 Å². The summed E-state index contributed by atoms with van der Waals surface area (Å²) in [6.45, 7) is 1.56. The Morgan fingerprint density at radius 1 is 1.19 bits per heavy atom. The van der Waals surface area contributed by atoms with Gasteiger partial charge < -0.3 is 4.42 Å². The fourth-order valence-corrected chi connectivity index (χ4v) is 1.54. The molecule has 1 aromatic heterocycles. The summed E-state index contributed by atoms with van der Waals surface area (Å²) in [6, 6.07) is 4.92. The molecule has 1 heterocycles. The SMILES string of the molecule is Cc1cc(C(F)(F)F)c2oc(=O)ccc2c1. The molecular formula is C11H7F3O2. The molecule has 0 atom stereocenters. The zero-order chi connectivity index (χ0) is 11.9. The minimum absolute atomic E-state index is 0.270. The highest BCUT2D eigenvalue weighted by atomic mass is 19.4. The van der Waals surface area contributed by atoms with E-state index in [2.05, 4.69) is 4.42 Å².